The zero-order valence-electron chi connectivity index (χ0n) is 15.7. The molecule has 144 valence electrons. The molecule has 0 atom stereocenters. The first-order valence-electron chi connectivity index (χ1n) is 9.24. The number of anilines is 5. The van der Waals surface area contributed by atoms with E-state index in [-0.39, 0.29) is 0 Å². The maximum atomic E-state index is 6.11. The number of aromatic nitrogens is 2. The van der Waals surface area contributed by atoms with Crippen LogP contribution in [0.15, 0.2) is 54.7 Å². The van der Waals surface area contributed by atoms with E-state index < -0.39 is 0 Å². The highest BCUT2D eigenvalue weighted by atomic mass is 35.5. The molecule has 1 aliphatic heterocycles. The smallest absolute Gasteiger partial charge is 0.229 e. The van der Waals surface area contributed by atoms with Gasteiger partial charge in [0.25, 0.3) is 0 Å². The van der Waals surface area contributed by atoms with Crippen molar-refractivity contribution >= 4 is 40.4 Å². The second-order valence-corrected chi connectivity index (χ2v) is 7.03. The van der Waals surface area contributed by atoms with Crippen LogP contribution in [-0.4, -0.2) is 36.3 Å². The number of morpholine rings is 1. The van der Waals surface area contributed by atoms with E-state index in [1.54, 1.807) is 6.20 Å². The molecule has 6 nitrogen and oxygen atoms in total. The van der Waals surface area contributed by atoms with Crippen LogP contribution in [0.1, 0.15) is 5.56 Å². The molecule has 0 amide bonds. The Balaban J connectivity index is 1.55. The van der Waals surface area contributed by atoms with Crippen molar-refractivity contribution in [3.05, 3.63) is 65.3 Å². The normalized spacial score (nSPS) is 14.0. The summed E-state index contributed by atoms with van der Waals surface area (Å²) >= 11 is 6.11. The lowest BCUT2D eigenvalue weighted by Crippen LogP contribution is -2.36. The number of para-hydroxylation sites is 2. The molecule has 1 aliphatic rings. The SMILES string of the molecule is Cc1ccc(Cl)cc1Nc1nccc(Nc2ccccc2N2CCOCC2)n1. The van der Waals surface area contributed by atoms with Gasteiger partial charge in [0, 0.05) is 30.0 Å². The lowest BCUT2D eigenvalue weighted by molar-refractivity contribution is 0.123. The fraction of sp³-hybridized carbons (Fsp3) is 0.238. The summed E-state index contributed by atoms with van der Waals surface area (Å²) in [6.07, 6.45) is 1.73. The average molecular weight is 396 g/mol. The van der Waals surface area contributed by atoms with Gasteiger partial charge in [0.15, 0.2) is 0 Å². The first kappa shape index (κ1) is 18.5. The Morgan fingerprint density at radius 3 is 2.68 bits per heavy atom. The van der Waals surface area contributed by atoms with Crippen LogP contribution in [0.3, 0.4) is 0 Å². The highest BCUT2D eigenvalue weighted by molar-refractivity contribution is 6.30. The highest BCUT2D eigenvalue weighted by Crippen LogP contribution is 2.29. The Bertz CT molecular complexity index is 959. The molecule has 28 heavy (non-hydrogen) atoms. The van der Waals surface area contributed by atoms with Crippen LogP contribution in [0.4, 0.5) is 28.8 Å². The maximum Gasteiger partial charge on any atom is 0.229 e. The van der Waals surface area contributed by atoms with Gasteiger partial charge in [-0.15, -0.1) is 0 Å². The Kier molecular flexibility index (Phi) is 5.60. The lowest BCUT2D eigenvalue weighted by Gasteiger charge is -2.30. The fourth-order valence-corrected chi connectivity index (χ4v) is 3.31. The third kappa shape index (κ3) is 4.35. The lowest BCUT2D eigenvalue weighted by atomic mass is 10.2. The predicted octanol–water partition coefficient (Wildman–Crippen LogP) is 4.76. The number of hydrogen-bond acceptors (Lipinski definition) is 6. The van der Waals surface area contributed by atoms with Gasteiger partial charge in [-0.2, -0.15) is 4.98 Å². The molecular weight excluding hydrogens is 374 g/mol. The first-order chi connectivity index (χ1) is 13.7. The Labute approximate surface area is 169 Å². The van der Waals surface area contributed by atoms with E-state index in [0.29, 0.717) is 11.0 Å². The molecule has 3 aromatic rings. The van der Waals surface area contributed by atoms with Crippen molar-refractivity contribution in [1.29, 1.82) is 0 Å². The second-order valence-electron chi connectivity index (χ2n) is 6.59. The molecule has 1 saturated heterocycles. The fourth-order valence-electron chi connectivity index (χ4n) is 3.14. The predicted molar refractivity (Wildman–Crippen MR) is 114 cm³/mol. The largest absolute Gasteiger partial charge is 0.378 e. The number of aryl methyl sites for hydroxylation is 1. The molecule has 2 N–H and O–H groups in total. The van der Waals surface area contributed by atoms with Gasteiger partial charge < -0.3 is 20.3 Å². The standard InChI is InChI=1S/C21H22ClN5O/c1-15-6-7-16(22)14-18(15)25-21-23-9-8-20(26-21)24-17-4-2-3-5-19(17)27-10-12-28-13-11-27/h2-9,14H,10-13H2,1H3,(H2,23,24,25,26). The van der Waals surface area contributed by atoms with Crippen LogP contribution in [0.2, 0.25) is 5.02 Å². The summed E-state index contributed by atoms with van der Waals surface area (Å²) in [7, 11) is 0. The summed E-state index contributed by atoms with van der Waals surface area (Å²) in [6, 6.07) is 15.8. The summed E-state index contributed by atoms with van der Waals surface area (Å²) in [5.41, 5.74) is 4.11. The number of ether oxygens (including phenoxy) is 1. The minimum atomic E-state index is 0.513. The van der Waals surface area contributed by atoms with Crippen molar-refractivity contribution in [3.63, 3.8) is 0 Å². The molecular formula is C21H22ClN5O. The van der Waals surface area contributed by atoms with Gasteiger partial charge in [0.1, 0.15) is 5.82 Å². The summed E-state index contributed by atoms with van der Waals surface area (Å²) in [4.78, 5) is 11.2. The summed E-state index contributed by atoms with van der Waals surface area (Å²) in [5, 5.41) is 7.33. The second kappa shape index (κ2) is 8.46. The van der Waals surface area contributed by atoms with E-state index >= 15 is 0 Å². The molecule has 0 saturated carbocycles. The quantitative estimate of drug-likeness (QED) is 0.649. The molecule has 2 heterocycles. The van der Waals surface area contributed by atoms with Crippen molar-refractivity contribution in [3.8, 4) is 0 Å². The van der Waals surface area contributed by atoms with Crippen LogP contribution in [0.25, 0.3) is 0 Å². The van der Waals surface area contributed by atoms with E-state index in [9.17, 15) is 0 Å². The number of hydrogen-bond donors (Lipinski definition) is 2. The molecule has 1 aromatic heterocycles. The summed E-state index contributed by atoms with van der Waals surface area (Å²) < 4.78 is 5.47. The molecule has 0 aliphatic carbocycles. The van der Waals surface area contributed by atoms with Gasteiger partial charge >= 0.3 is 0 Å². The van der Waals surface area contributed by atoms with Crippen molar-refractivity contribution in [2.45, 2.75) is 6.92 Å². The van der Waals surface area contributed by atoms with Gasteiger partial charge in [-0.3, -0.25) is 0 Å². The number of nitrogens with zero attached hydrogens (tertiary/aromatic N) is 3. The van der Waals surface area contributed by atoms with Gasteiger partial charge in [-0.05, 0) is 42.8 Å². The van der Waals surface area contributed by atoms with E-state index in [2.05, 4.69) is 37.6 Å². The summed E-state index contributed by atoms with van der Waals surface area (Å²) in [6.45, 7) is 5.26. The Hall–Kier alpha value is -2.83. The number of nitrogens with one attached hydrogen (secondary N) is 2. The number of halogens is 1. The minimum absolute atomic E-state index is 0.513. The van der Waals surface area contributed by atoms with Crippen LogP contribution < -0.4 is 15.5 Å². The van der Waals surface area contributed by atoms with E-state index in [1.165, 1.54) is 0 Å². The third-order valence-corrected chi connectivity index (χ3v) is 4.86. The monoisotopic (exact) mass is 395 g/mol. The maximum absolute atomic E-state index is 6.11. The van der Waals surface area contributed by atoms with E-state index in [0.717, 1.165) is 54.7 Å². The number of benzene rings is 2. The van der Waals surface area contributed by atoms with Crippen molar-refractivity contribution in [2.75, 3.05) is 41.8 Å². The Morgan fingerprint density at radius 1 is 1.00 bits per heavy atom. The van der Waals surface area contributed by atoms with Crippen LogP contribution in [0.5, 0.6) is 0 Å². The molecule has 0 bridgehead atoms. The minimum Gasteiger partial charge on any atom is -0.378 e. The Morgan fingerprint density at radius 2 is 1.82 bits per heavy atom. The van der Waals surface area contributed by atoms with Gasteiger partial charge in [-0.1, -0.05) is 29.8 Å². The van der Waals surface area contributed by atoms with Gasteiger partial charge in [-0.25, -0.2) is 4.98 Å². The van der Waals surface area contributed by atoms with Crippen LogP contribution >= 0.6 is 11.6 Å². The topological polar surface area (TPSA) is 62.3 Å². The van der Waals surface area contributed by atoms with E-state index in [1.807, 2.05) is 43.3 Å². The van der Waals surface area contributed by atoms with Crippen molar-refractivity contribution in [2.24, 2.45) is 0 Å². The van der Waals surface area contributed by atoms with E-state index in [4.69, 9.17) is 16.3 Å². The molecule has 0 spiro atoms. The zero-order chi connectivity index (χ0) is 19.3. The zero-order valence-corrected chi connectivity index (χ0v) is 16.4. The van der Waals surface area contributed by atoms with Gasteiger partial charge in [0.05, 0.1) is 24.6 Å². The molecule has 0 radical (unpaired) electrons. The first-order valence-corrected chi connectivity index (χ1v) is 9.62. The summed E-state index contributed by atoms with van der Waals surface area (Å²) in [5.74, 6) is 1.23. The molecule has 4 rings (SSSR count). The van der Waals surface area contributed by atoms with Crippen molar-refractivity contribution < 1.29 is 4.74 Å². The number of rotatable bonds is 5. The van der Waals surface area contributed by atoms with Crippen LogP contribution in [-0.2, 0) is 4.74 Å². The van der Waals surface area contributed by atoms with Crippen molar-refractivity contribution in [1.82, 2.24) is 9.97 Å². The molecule has 1 fully saturated rings. The third-order valence-electron chi connectivity index (χ3n) is 4.62. The average Bonchev–Trinajstić information content (AvgIpc) is 2.72. The molecule has 7 heteroatoms. The molecule has 0 unspecified atom stereocenters. The van der Waals surface area contributed by atoms with Crippen LogP contribution in [0, 0.1) is 6.92 Å². The van der Waals surface area contributed by atoms with Gasteiger partial charge in [0.2, 0.25) is 5.95 Å². The molecule has 2 aromatic carbocycles. The highest BCUT2D eigenvalue weighted by Gasteiger charge is 2.15.